The molecule has 10 rings (SSSR count). The molecule has 4 heterocycles. The van der Waals surface area contributed by atoms with E-state index >= 15 is 0 Å². The van der Waals surface area contributed by atoms with Crippen molar-refractivity contribution in [1.82, 2.24) is 19.8 Å². The van der Waals surface area contributed by atoms with Crippen molar-refractivity contribution in [3.8, 4) is 23.3 Å². The lowest BCUT2D eigenvalue weighted by atomic mass is 10.1. The lowest BCUT2D eigenvalue weighted by Gasteiger charge is -2.21. The van der Waals surface area contributed by atoms with E-state index in [-0.39, 0.29) is 75.5 Å². The van der Waals surface area contributed by atoms with Crippen LogP contribution in [0.25, 0.3) is 21.8 Å². The molecule has 2 aliphatic rings. The minimum Gasteiger partial charge on any atom is -0.493 e. The first-order chi connectivity index (χ1) is 33.9. The summed E-state index contributed by atoms with van der Waals surface area (Å²) in [6.45, 7) is 2.93. The number of aryl methyl sites for hydroxylation is 1. The molecule has 2 aliphatic heterocycles. The predicted molar refractivity (Wildman–Crippen MR) is 255 cm³/mol. The average molecular weight is 971 g/mol. The summed E-state index contributed by atoms with van der Waals surface area (Å²) < 4.78 is 52.9. The predicted octanol–water partition coefficient (Wildman–Crippen LogP) is 10.4. The van der Waals surface area contributed by atoms with Gasteiger partial charge in [0.25, 0.3) is 11.8 Å². The normalized spacial score (nSPS) is 12.7. The molecule has 16 nitrogen and oxygen atoms in total. The first-order valence-corrected chi connectivity index (χ1v) is 22.0. The molecule has 0 fully saturated rings. The SMILES string of the molecule is Cc1cc(Cl)cc(CNC(=O)c2ccc3c(N=O)c(O)n(Cc4cc(F)cc5c4OCOC5)c3c2)c1.O=Nc1c(O)n(Cc2cc(F)cc3c2OCOC3)c2cc(C(=O)NCc3ccccc3)ccc12. The number of fused-ring (bicyclic) bond motifs is 4. The van der Waals surface area contributed by atoms with Crippen molar-refractivity contribution >= 4 is 56.6 Å². The highest BCUT2D eigenvalue weighted by atomic mass is 35.5. The van der Waals surface area contributed by atoms with Crippen molar-refractivity contribution in [2.75, 3.05) is 13.6 Å². The van der Waals surface area contributed by atoms with Gasteiger partial charge in [-0.15, -0.1) is 9.81 Å². The summed E-state index contributed by atoms with van der Waals surface area (Å²) >= 11 is 6.10. The highest BCUT2D eigenvalue weighted by Gasteiger charge is 2.25. The van der Waals surface area contributed by atoms with E-state index in [1.54, 1.807) is 42.5 Å². The van der Waals surface area contributed by atoms with Crippen molar-refractivity contribution in [3.05, 3.63) is 186 Å². The van der Waals surface area contributed by atoms with Gasteiger partial charge < -0.3 is 48.9 Å². The Balaban J connectivity index is 0.000000174. The number of amides is 2. The molecule has 4 N–H and O–H groups in total. The minimum absolute atomic E-state index is 0.00691. The zero-order valence-corrected chi connectivity index (χ0v) is 37.9. The quantitative estimate of drug-likeness (QED) is 0.0853. The first-order valence-electron chi connectivity index (χ1n) is 21.7. The molecule has 0 spiro atoms. The smallest absolute Gasteiger partial charge is 0.251 e. The van der Waals surface area contributed by atoms with Crippen LogP contribution in [0.4, 0.5) is 20.2 Å². The Hall–Kier alpha value is -8.19. The zero-order chi connectivity index (χ0) is 49.1. The third-order valence-corrected chi connectivity index (χ3v) is 12.0. The van der Waals surface area contributed by atoms with Gasteiger partial charge in [0.2, 0.25) is 11.8 Å². The number of hydrogen-bond donors (Lipinski definition) is 4. The van der Waals surface area contributed by atoms with Crippen LogP contribution in [-0.4, -0.2) is 44.7 Å². The molecule has 0 saturated heterocycles. The maximum Gasteiger partial charge on any atom is 0.251 e. The second kappa shape index (κ2) is 20.2. The van der Waals surface area contributed by atoms with E-state index in [2.05, 4.69) is 21.0 Å². The Morgan fingerprint density at radius 2 is 1.13 bits per heavy atom. The lowest BCUT2D eigenvalue weighted by Crippen LogP contribution is -2.22. The largest absolute Gasteiger partial charge is 0.493 e. The Labute approximate surface area is 401 Å². The molecule has 0 bridgehead atoms. The number of carbonyl (C=O) groups excluding carboxylic acids is 2. The van der Waals surface area contributed by atoms with Gasteiger partial charge >= 0.3 is 0 Å². The van der Waals surface area contributed by atoms with Crippen LogP contribution in [0.15, 0.2) is 120 Å². The molecule has 0 unspecified atom stereocenters. The van der Waals surface area contributed by atoms with Gasteiger partial charge in [-0.25, -0.2) is 8.78 Å². The van der Waals surface area contributed by atoms with Gasteiger partial charge in [-0.3, -0.25) is 9.59 Å². The van der Waals surface area contributed by atoms with E-state index in [0.717, 1.165) is 16.7 Å². The van der Waals surface area contributed by atoms with E-state index < -0.39 is 17.5 Å². The summed E-state index contributed by atoms with van der Waals surface area (Å²) in [6, 6.07) is 29.6. The van der Waals surface area contributed by atoms with Gasteiger partial charge in [0, 0.05) is 62.3 Å². The lowest BCUT2D eigenvalue weighted by molar-refractivity contribution is -0.0174. The molecule has 70 heavy (non-hydrogen) atoms. The highest BCUT2D eigenvalue weighted by molar-refractivity contribution is 6.30. The maximum absolute atomic E-state index is 14.3. The van der Waals surface area contributed by atoms with Gasteiger partial charge in [-0.05, 0) is 107 Å². The Morgan fingerprint density at radius 1 is 0.643 bits per heavy atom. The Bertz CT molecular complexity index is 3340. The summed E-state index contributed by atoms with van der Waals surface area (Å²) in [7, 11) is 0. The van der Waals surface area contributed by atoms with E-state index in [4.69, 9.17) is 30.5 Å². The fourth-order valence-electron chi connectivity index (χ4n) is 8.59. The van der Waals surface area contributed by atoms with Crippen LogP contribution in [0.3, 0.4) is 0 Å². The molecule has 0 radical (unpaired) electrons. The number of rotatable bonds is 12. The molecular weight excluding hydrogens is 930 g/mol. The fourth-order valence-corrected chi connectivity index (χ4v) is 8.90. The fraction of sp³-hybridized carbons (Fsp3) is 0.176. The third kappa shape index (κ3) is 9.73. The second-order valence-electron chi connectivity index (χ2n) is 16.5. The number of nitroso groups, excluding NO2 is 2. The molecule has 19 heteroatoms. The van der Waals surface area contributed by atoms with Crippen LogP contribution in [0.2, 0.25) is 5.02 Å². The van der Waals surface area contributed by atoms with Crippen LogP contribution in [0.1, 0.15) is 59.7 Å². The van der Waals surface area contributed by atoms with Crippen LogP contribution in [0.5, 0.6) is 23.3 Å². The summed E-state index contributed by atoms with van der Waals surface area (Å²) in [5.74, 6) is -1.49. The zero-order valence-electron chi connectivity index (χ0n) is 37.1. The van der Waals surface area contributed by atoms with Crippen LogP contribution in [-0.2, 0) is 48.9 Å². The number of aromatic hydroxyl groups is 2. The van der Waals surface area contributed by atoms with Crippen molar-refractivity contribution in [2.45, 2.75) is 46.3 Å². The number of hydrogen-bond acceptors (Lipinski definition) is 12. The summed E-state index contributed by atoms with van der Waals surface area (Å²) in [5.41, 5.74) is 5.90. The number of ether oxygens (including phenoxy) is 4. The number of nitrogens with zero attached hydrogens (tertiary/aromatic N) is 4. The second-order valence-corrected chi connectivity index (χ2v) is 16.9. The molecule has 356 valence electrons. The molecule has 8 aromatic rings. The molecule has 6 aromatic carbocycles. The van der Waals surface area contributed by atoms with Crippen molar-refractivity contribution < 1.29 is 47.5 Å². The van der Waals surface area contributed by atoms with Gasteiger partial charge in [-0.1, -0.05) is 48.0 Å². The minimum atomic E-state index is -0.487. The number of carbonyl (C=O) groups is 2. The first kappa shape index (κ1) is 46.9. The van der Waals surface area contributed by atoms with E-state index in [1.807, 2.05) is 49.4 Å². The number of benzene rings is 6. The molecular formula is C51H41ClF2N6O10. The average Bonchev–Trinajstić information content (AvgIpc) is 3.78. The third-order valence-electron chi connectivity index (χ3n) is 11.7. The number of aromatic nitrogens is 2. The van der Waals surface area contributed by atoms with E-state index in [1.165, 1.54) is 33.4 Å². The Kier molecular flexibility index (Phi) is 13.5. The molecule has 2 amide bonds. The van der Waals surface area contributed by atoms with Crippen LogP contribution >= 0.6 is 11.6 Å². The number of halogens is 3. The molecule has 2 aromatic heterocycles. The Morgan fingerprint density at radius 3 is 1.60 bits per heavy atom. The molecule has 0 saturated carbocycles. The van der Waals surface area contributed by atoms with E-state index in [9.17, 15) is 38.4 Å². The highest BCUT2D eigenvalue weighted by Crippen LogP contribution is 2.42. The topological polar surface area (TPSA) is 204 Å². The van der Waals surface area contributed by atoms with E-state index in [0.29, 0.717) is 78.3 Å². The van der Waals surface area contributed by atoms with Gasteiger partial charge in [0.1, 0.15) is 23.1 Å². The van der Waals surface area contributed by atoms with Crippen molar-refractivity contribution in [1.29, 1.82) is 0 Å². The van der Waals surface area contributed by atoms with Crippen molar-refractivity contribution in [3.63, 3.8) is 0 Å². The van der Waals surface area contributed by atoms with Gasteiger partial charge in [-0.2, -0.15) is 0 Å². The molecule has 0 aliphatic carbocycles. The van der Waals surface area contributed by atoms with Crippen molar-refractivity contribution in [2.24, 2.45) is 10.4 Å². The number of nitrogens with one attached hydrogen (secondary N) is 2. The summed E-state index contributed by atoms with van der Waals surface area (Å²) in [6.07, 6.45) is 0. The summed E-state index contributed by atoms with van der Waals surface area (Å²) in [5, 5.41) is 34.5. The van der Waals surface area contributed by atoms with Gasteiger partial charge in [0.05, 0.1) is 37.3 Å². The van der Waals surface area contributed by atoms with Crippen LogP contribution in [0, 0.1) is 28.4 Å². The van der Waals surface area contributed by atoms with Gasteiger partial charge in [0.15, 0.2) is 25.0 Å². The summed E-state index contributed by atoms with van der Waals surface area (Å²) in [4.78, 5) is 48.7. The molecule has 0 atom stereocenters. The monoisotopic (exact) mass is 970 g/mol. The standard InChI is InChI=1S/C26H21ClFN3O5.C25H20FN3O5/c1-14-4-15(6-19(27)5-14)10-29-25(32)16-2-3-21-22(9-16)31(26(33)23(21)30-34)11-17-7-20(28)8-18-12-35-13-36-24(17)18;26-19-8-17(23-18(9-19)13-33-14-34-23)12-29-21-10-16(6-7-20(21)22(28-32)25(29)31)24(30)27-11-15-4-2-1-3-5-15/h2-9,33H,10-13H2,1H3,(H,29,32);1-10,31H,11-14H2,(H,27,30). The van der Waals surface area contributed by atoms with Crippen LogP contribution < -0.4 is 20.1 Å². The maximum atomic E-state index is 14.3.